The quantitative estimate of drug-likeness (QED) is 0.591. The third kappa shape index (κ3) is 6.04. The first-order chi connectivity index (χ1) is 13.2. The van der Waals surface area contributed by atoms with E-state index in [1.54, 1.807) is 18.0 Å². The summed E-state index contributed by atoms with van der Waals surface area (Å²) in [5.74, 6) is 2.05. The molecule has 1 heterocycles. The van der Waals surface area contributed by atoms with Crippen LogP contribution in [0.5, 0.6) is 0 Å². The van der Waals surface area contributed by atoms with E-state index in [-0.39, 0.29) is 5.91 Å². The Labute approximate surface area is 171 Å². The molecule has 0 saturated heterocycles. The molecule has 0 aliphatic rings. The molecule has 28 heavy (non-hydrogen) atoms. The van der Waals surface area contributed by atoms with E-state index in [4.69, 9.17) is 4.42 Å². The van der Waals surface area contributed by atoms with Crippen molar-refractivity contribution in [3.63, 3.8) is 0 Å². The number of nitrogens with zero attached hydrogens (tertiary/aromatic N) is 1. The first kappa shape index (κ1) is 22.4. The summed E-state index contributed by atoms with van der Waals surface area (Å²) < 4.78 is 31.6. The van der Waals surface area contributed by atoms with Gasteiger partial charge in [-0.1, -0.05) is 19.1 Å². The van der Waals surface area contributed by atoms with Gasteiger partial charge >= 0.3 is 0 Å². The first-order valence-electron chi connectivity index (χ1n) is 9.18. The molecular formula is C20H28N2O4S2. The van der Waals surface area contributed by atoms with Gasteiger partial charge in [-0.25, -0.2) is 8.42 Å². The van der Waals surface area contributed by atoms with Gasteiger partial charge < -0.3 is 9.73 Å². The van der Waals surface area contributed by atoms with E-state index in [2.05, 4.69) is 5.32 Å². The lowest BCUT2D eigenvalue weighted by molar-refractivity contribution is -0.122. The maximum atomic E-state index is 12.8. The average Bonchev–Trinajstić information content (AvgIpc) is 3.14. The van der Waals surface area contributed by atoms with Crippen molar-refractivity contribution in [2.45, 2.75) is 39.0 Å². The molecule has 1 aromatic carbocycles. The van der Waals surface area contributed by atoms with E-state index in [9.17, 15) is 13.2 Å². The van der Waals surface area contributed by atoms with Crippen LogP contribution >= 0.6 is 11.8 Å². The van der Waals surface area contributed by atoms with Crippen molar-refractivity contribution in [3.05, 3.63) is 53.5 Å². The van der Waals surface area contributed by atoms with Crippen molar-refractivity contribution in [3.8, 4) is 0 Å². The molecule has 0 aliphatic carbocycles. The molecule has 154 valence electrons. The Kier molecular flexibility index (Phi) is 8.00. The van der Waals surface area contributed by atoms with E-state index in [1.807, 2.05) is 51.1 Å². The summed E-state index contributed by atoms with van der Waals surface area (Å²) in [6, 6.07) is 8.58. The highest BCUT2D eigenvalue weighted by atomic mass is 32.2. The number of carbonyl (C=O) groups excluding carboxylic acids is 1. The predicted molar refractivity (Wildman–Crippen MR) is 115 cm³/mol. The van der Waals surface area contributed by atoms with Gasteiger partial charge in [-0.3, -0.25) is 9.10 Å². The van der Waals surface area contributed by atoms with Gasteiger partial charge in [-0.05, 0) is 49.6 Å². The number of amides is 1. The zero-order chi connectivity index (χ0) is 20.7. The fourth-order valence-electron chi connectivity index (χ4n) is 2.92. The summed E-state index contributed by atoms with van der Waals surface area (Å²) in [5.41, 5.74) is 2.31. The SMILES string of the molecule is CCC(C(=O)NCCSCc1ccco1)N(c1cc(C)ccc1C)S(C)(=O)=O. The Morgan fingerprint density at radius 3 is 2.64 bits per heavy atom. The second kappa shape index (κ2) is 10.0. The molecule has 8 heteroatoms. The molecule has 1 atom stereocenters. The molecule has 6 nitrogen and oxygen atoms in total. The van der Waals surface area contributed by atoms with E-state index < -0.39 is 16.1 Å². The smallest absolute Gasteiger partial charge is 0.243 e. The number of furan rings is 1. The zero-order valence-electron chi connectivity index (χ0n) is 16.8. The highest BCUT2D eigenvalue weighted by Crippen LogP contribution is 2.27. The molecular weight excluding hydrogens is 396 g/mol. The van der Waals surface area contributed by atoms with E-state index in [0.29, 0.717) is 24.4 Å². The minimum atomic E-state index is -3.62. The second-order valence-electron chi connectivity index (χ2n) is 6.70. The Bertz CT molecular complexity index is 880. The van der Waals surface area contributed by atoms with Crippen molar-refractivity contribution >= 4 is 33.4 Å². The van der Waals surface area contributed by atoms with Gasteiger partial charge in [0.25, 0.3) is 0 Å². The fraction of sp³-hybridized carbons (Fsp3) is 0.450. The molecule has 1 unspecified atom stereocenters. The predicted octanol–water partition coefficient (Wildman–Crippen LogP) is 3.49. The number of hydrogen-bond donors (Lipinski definition) is 1. The van der Waals surface area contributed by atoms with Crippen LogP contribution in [-0.2, 0) is 20.6 Å². The largest absolute Gasteiger partial charge is 0.468 e. The molecule has 0 saturated carbocycles. The van der Waals surface area contributed by atoms with Crippen LogP contribution in [-0.4, -0.2) is 38.9 Å². The number of anilines is 1. The van der Waals surface area contributed by atoms with Crippen molar-refractivity contribution in [2.24, 2.45) is 0 Å². The van der Waals surface area contributed by atoms with Gasteiger partial charge in [0.1, 0.15) is 11.8 Å². The van der Waals surface area contributed by atoms with Crippen LogP contribution in [0.4, 0.5) is 5.69 Å². The van der Waals surface area contributed by atoms with Crippen molar-refractivity contribution in [1.82, 2.24) is 5.32 Å². The van der Waals surface area contributed by atoms with E-state index in [0.717, 1.165) is 28.9 Å². The molecule has 2 aromatic rings. The molecule has 0 spiro atoms. The third-order valence-electron chi connectivity index (χ3n) is 4.30. The molecule has 0 bridgehead atoms. The molecule has 1 amide bonds. The maximum Gasteiger partial charge on any atom is 0.243 e. The highest BCUT2D eigenvalue weighted by molar-refractivity contribution is 7.98. The van der Waals surface area contributed by atoms with Crippen LogP contribution in [0.1, 0.15) is 30.2 Å². The van der Waals surface area contributed by atoms with E-state index >= 15 is 0 Å². The van der Waals surface area contributed by atoms with Gasteiger partial charge in [-0.2, -0.15) is 11.8 Å². The summed E-state index contributed by atoms with van der Waals surface area (Å²) in [6.45, 7) is 6.04. The monoisotopic (exact) mass is 424 g/mol. The lowest BCUT2D eigenvalue weighted by atomic mass is 10.1. The third-order valence-corrected chi connectivity index (χ3v) is 6.45. The number of carbonyl (C=O) groups is 1. The van der Waals surface area contributed by atoms with Crippen LogP contribution in [0.25, 0.3) is 0 Å². The molecule has 0 aliphatic heterocycles. The second-order valence-corrected chi connectivity index (χ2v) is 9.66. The number of rotatable bonds is 10. The molecule has 1 N–H and O–H groups in total. The minimum absolute atomic E-state index is 0.285. The number of aryl methyl sites for hydroxylation is 2. The Hall–Kier alpha value is -1.93. The van der Waals surface area contributed by atoms with Crippen molar-refractivity contribution in [1.29, 1.82) is 0 Å². The van der Waals surface area contributed by atoms with E-state index in [1.165, 1.54) is 4.31 Å². The van der Waals surface area contributed by atoms with Gasteiger partial charge in [0.15, 0.2) is 0 Å². The zero-order valence-corrected chi connectivity index (χ0v) is 18.4. The number of hydrogen-bond acceptors (Lipinski definition) is 5. The number of thioether (sulfide) groups is 1. The normalized spacial score (nSPS) is 12.6. The molecule has 2 rings (SSSR count). The molecule has 1 aromatic heterocycles. The molecule has 0 fully saturated rings. The standard InChI is InChI=1S/C20H28N2O4S2/c1-5-18(20(23)21-10-12-27-14-17-7-6-11-26-17)22(28(4,24)25)19-13-15(2)8-9-16(19)3/h6-9,11,13,18H,5,10,12,14H2,1-4H3,(H,21,23). The van der Waals surface area contributed by atoms with Crippen LogP contribution in [0.15, 0.2) is 41.0 Å². The summed E-state index contributed by atoms with van der Waals surface area (Å²) >= 11 is 1.65. The number of sulfonamides is 1. The first-order valence-corrected chi connectivity index (χ1v) is 12.2. The molecule has 0 radical (unpaired) electrons. The minimum Gasteiger partial charge on any atom is -0.468 e. The van der Waals surface area contributed by atoms with Crippen LogP contribution < -0.4 is 9.62 Å². The maximum absolute atomic E-state index is 12.8. The van der Waals surface area contributed by atoms with Crippen LogP contribution in [0.2, 0.25) is 0 Å². The van der Waals surface area contributed by atoms with Crippen molar-refractivity contribution < 1.29 is 17.6 Å². The number of nitrogens with one attached hydrogen (secondary N) is 1. The van der Waals surface area contributed by atoms with Gasteiger partial charge in [0.2, 0.25) is 15.9 Å². The van der Waals surface area contributed by atoms with Crippen molar-refractivity contribution in [2.75, 3.05) is 22.9 Å². The Balaban J connectivity index is 2.06. The Morgan fingerprint density at radius 2 is 2.04 bits per heavy atom. The van der Waals surface area contributed by atoms with Crippen LogP contribution in [0.3, 0.4) is 0 Å². The van der Waals surface area contributed by atoms with Gasteiger partial charge in [-0.15, -0.1) is 0 Å². The summed E-state index contributed by atoms with van der Waals surface area (Å²) in [4.78, 5) is 12.8. The van der Waals surface area contributed by atoms with Gasteiger partial charge in [0.05, 0.1) is 24.0 Å². The summed E-state index contributed by atoms with van der Waals surface area (Å²) in [5, 5.41) is 2.87. The van der Waals surface area contributed by atoms with Gasteiger partial charge in [0, 0.05) is 12.3 Å². The highest BCUT2D eigenvalue weighted by Gasteiger charge is 2.32. The lowest BCUT2D eigenvalue weighted by Gasteiger charge is -2.31. The Morgan fingerprint density at radius 1 is 1.29 bits per heavy atom. The summed E-state index contributed by atoms with van der Waals surface area (Å²) in [7, 11) is -3.62. The summed E-state index contributed by atoms with van der Waals surface area (Å²) in [6.07, 6.45) is 3.16. The lowest BCUT2D eigenvalue weighted by Crippen LogP contribution is -2.50. The van der Waals surface area contributed by atoms with Crippen LogP contribution in [0, 0.1) is 13.8 Å². The number of benzene rings is 1. The fourth-order valence-corrected chi connectivity index (χ4v) is 4.94. The average molecular weight is 425 g/mol. The topological polar surface area (TPSA) is 79.6 Å².